The summed E-state index contributed by atoms with van der Waals surface area (Å²) in [6.07, 6.45) is 3.75. The van der Waals surface area contributed by atoms with Crippen LogP contribution in [-0.2, 0) is 6.61 Å². The largest absolute Gasteiger partial charge is 0.392 e. The Morgan fingerprint density at radius 2 is 2.19 bits per heavy atom. The lowest BCUT2D eigenvalue weighted by Crippen LogP contribution is -2.52. The minimum atomic E-state index is -0.00947. The van der Waals surface area contributed by atoms with Crippen LogP contribution in [0, 0.1) is 17.2 Å². The molecule has 0 spiro atoms. The summed E-state index contributed by atoms with van der Waals surface area (Å²) in [4.78, 5) is 4.87. The molecule has 2 atom stereocenters. The average molecular weight is 285 g/mol. The summed E-state index contributed by atoms with van der Waals surface area (Å²) in [6.45, 7) is 3.26. The Morgan fingerprint density at radius 1 is 1.33 bits per heavy atom. The van der Waals surface area contributed by atoms with Crippen molar-refractivity contribution in [3.63, 3.8) is 0 Å². The van der Waals surface area contributed by atoms with Crippen molar-refractivity contribution in [3.05, 3.63) is 29.3 Å². The van der Waals surface area contributed by atoms with Crippen molar-refractivity contribution in [1.82, 2.24) is 4.90 Å². The fraction of sp³-hybridized carbons (Fsp3) is 0.588. The molecule has 21 heavy (non-hydrogen) atoms. The first-order valence-corrected chi connectivity index (χ1v) is 7.82. The van der Waals surface area contributed by atoms with E-state index in [1.54, 1.807) is 0 Å². The summed E-state index contributed by atoms with van der Waals surface area (Å²) in [5, 5.41) is 18.6. The van der Waals surface area contributed by atoms with Gasteiger partial charge in [-0.05, 0) is 56.5 Å². The molecule has 0 saturated carbocycles. The Hall–Kier alpha value is -1.57. The first-order chi connectivity index (χ1) is 10.2. The van der Waals surface area contributed by atoms with Crippen molar-refractivity contribution in [1.29, 1.82) is 5.26 Å². The zero-order valence-electron chi connectivity index (χ0n) is 12.6. The maximum absolute atomic E-state index is 9.38. The Kier molecular flexibility index (Phi) is 4.14. The third kappa shape index (κ3) is 2.76. The summed E-state index contributed by atoms with van der Waals surface area (Å²) >= 11 is 0. The van der Waals surface area contributed by atoms with Crippen LogP contribution in [0.4, 0.5) is 5.69 Å². The van der Waals surface area contributed by atoms with Gasteiger partial charge in [0.2, 0.25) is 0 Å². The van der Waals surface area contributed by atoms with Crippen LogP contribution in [0.1, 0.15) is 30.4 Å². The van der Waals surface area contributed by atoms with Gasteiger partial charge < -0.3 is 14.9 Å². The molecule has 2 saturated heterocycles. The van der Waals surface area contributed by atoms with Gasteiger partial charge in [-0.25, -0.2) is 0 Å². The van der Waals surface area contributed by atoms with Crippen LogP contribution in [0.25, 0.3) is 0 Å². The zero-order valence-corrected chi connectivity index (χ0v) is 12.6. The highest BCUT2D eigenvalue weighted by Crippen LogP contribution is 2.33. The van der Waals surface area contributed by atoms with Crippen molar-refractivity contribution < 1.29 is 5.11 Å². The second-order valence-electron chi connectivity index (χ2n) is 6.31. The highest BCUT2D eigenvalue weighted by Gasteiger charge is 2.34. The molecule has 3 rings (SSSR count). The summed E-state index contributed by atoms with van der Waals surface area (Å²) in [6, 6.07) is 8.73. The van der Waals surface area contributed by atoms with E-state index in [9.17, 15) is 10.4 Å². The molecule has 112 valence electrons. The van der Waals surface area contributed by atoms with Crippen LogP contribution in [-0.4, -0.2) is 42.7 Å². The maximum Gasteiger partial charge on any atom is 0.101 e. The molecule has 0 aliphatic carbocycles. The van der Waals surface area contributed by atoms with Gasteiger partial charge in [-0.1, -0.05) is 6.07 Å². The average Bonchev–Trinajstić information content (AvgIpc) is 2.54. The molecular formula is C17H23N3O. The Morgan fingerprint density at radius 3 is 2.95 bits per heavy atom. The summed E-state index contributed by atoms with van der Waals surface area (Å²) in [5.41, 5.74) is 2.52. The third-order valence-corrected chi connectivity index (χ3v) is 5.05. The highest BCUT2D eigenvalue weighted by molar-refractivity contribution is 5.60. The van der Waals surface area contributed by atoms with Crippen LogP contribution >= 0.6 is 0 Å². The van der Waals surface area contributed by atoms with Gasteiger partial charge in [0.05, 0.1) is 17.9 Å². The number of benzene rings is 1. The second kappa shape index (κ2) is 6.05. The van der Waals surface area contributed by atoms with Crippen molar-refractivity contribution in [2.75, 3.05) is 31.6 Å². The number of nitriles is 1. The van der Waals surface area contributed by atoms with Crippen molar-refractivity contribution in [2.24, 2.45) is 5.92 Å². The summed E-state index contributed by atoms with van der Waals surface area (Å²) in [5.74, 6) is 0.710. The predicted octanol–water partition coefficient (Wildman–Crippen LogP) is 1.97. The molecule has 2 aliphatic heterocycles. The van der Waals surface area contributed by atoms with E-state index in [2.05, 4.69) is 22.9 Å². The van der Waals surface area contributed by atoms with E-state index in [-0.39, 0.29) is 6.61 Å². The molecule has 0 aromatic heterocycles. The monoisotopic (exact) mass is 285 g/mol. The lowest BCUT2D eigenvalue weighted by Gasteiger charge is -2.46. The Labute approximate surface area is 126 Å². The van der Waals surface area contributed by atoms with Crippen LogP contribution in [0.3, 0.4) is 0 Å². The van der Waals surface area contributed by atoms with E-state index < -0.39 is 0 Å². The van der Waals surface area contributed by atoms with Gasteiger partial charge in [0.15, 0.2) is 0 Å². The number of piperidine rings is 2. The molecule has 2 unspecified atom stereocenters. The molecule has 2 aliphatic rings. The number of hydrogen-bond acceptors (Lipinski definition) is 4. The normalized spacial score (nSPS) is 26.2. The van der Waals surface area contributed by atoms with E-state index in [0.29, 0.717) is 17.5 Å². The number of nitrogens with zero attached hydrogens (tertiary/aromatic N) is 3. The van der Waals surface area contributed by atoms with Crippen molar-refractivity contribution >= 4 is 5.69 Å². The molecule has 1 aromatic carbocycles. The molecular weight excluding hydrogens is 262 g/mol. The Bertz CT molecular complexity index is 551. The van der Waals surface area contributed by atoms with Gasteiger partial charge in [0.1, 0.15) is 6.07 Å². The van der Waals surface area contributed by atoms with Gasteiger partial charge in [0, 0.05) is 19.1 Å². The van der Waals surface area contributed by atoms with Crippen LogP contribution < -0.4 is 4.90 Å². The van der Waals surface area contributed by atoms with Gasteiger partial charge in [-0.2, -0.15) is 5.26 Å². The van der Waals surface area contributed by atoms with Crippen LogP contribution in [0.5, 0.6) is 0 Å². The molecule has 0 radical (unpaired) electrons. The standard InChI is InChI=1S/C17H23N3O/c1-19-7-2-3-14-11-20(8-6-16(14)19)17-5-4-13(12-21)9-15(17)10-18/h4-5,9,14,16,21H,2-3,6-8,11-12H2,1H3. The van der Waals surface area contributed by atoms with E-state index in [0.717, 1.165) is 24.3 Å². The van der Waals surface area contributed by atoms with Gasteiger partial charge in [-0.15, -0.1) is 0 Å². The third-order valence-electron chi connectivity index (χ3n) is 5.05. The first-order valence-electron chi connectivity index (χ1n) is 7.82. The maximum atomic E-state index is 9.38. The Balaban J connectivity index is 1.81. The summed E-state index contributed by atoms with van der Waals surface area (Å²) in [7, 11) is 2.24. The fourth-order valence-corrected chi connectivity index (χ4v) is 3.92. The number of aliphatic hydroxyl groups is 1. The predicted molar refractivity (Wildman–Crippen MR) is 83.1 cm³/mol. The number of aliphatic hydroxyl groups excluding tert-OH is 1. The van der Waals surface area contributed by atoms with Crippen LogP contribution in [0.2, 0.25) is 0 Å². The molecule has 0 bridgehead atoms. The SMILES string of the molecule is CN1CCCC2CN(c3ccc(CO)cc3C#N)CCC21. The number of hydrogen-bond donors (Lipinski definition) is 1. The number of rotatable bonds is 2. The quantitative estimate of drug-likeness (QED) is 0.902. The lowest BCUT2D eigenvalue weighted by molar-refractivity contribution is 0.102. The molecule has 1 N–H and O–H groups in total. The van der Waals surface area contributed by atoms with Gasteiger partial charge in [-0.3, -0.25) is 0 Å². The van der Waals surface area contributed by atoms with Crippen molar-refractivity contribution in [2.45, 2.75) is 31.9 Å². The summed E-state index contributed by atoms with van der Waals surface area (Å²) < 4.78 is 0. The first kappa shape index (κ1) is 14.4. The van der Waals surface area contributed by atoms with Crippen LogP contribution in [0.15, 0.2) is 18.2 Å². The molecule has 2 fully saturated rings. The molecule has 4 heteroatoms. The zero-order chi connectivity index (χ0) is 14.8. The fourth-order valence-electron chi connectivity index (χ4n) is 3.92. The van der Waals surface area contributed by atoms with Crippen molar-refractivity contribution in [3.8, 4) is 6.07 Å². The second-order valence-corrected chi connectivity index (χ2v) is 6.31. The van der Waals surface area contributed by atoms with E-state index in [1.807, 2.05) is 18.2 Å². The minimum Gasteiger partial charge on any atom is -0.392 e. The molecule has 4 nitrogen and oxygen atoms in total. The molecule has 1 aromatic rings. The smallest absolute Gasteiger partial charge is 0.101 e. The topological polar surface area (TPSA) is 50.5 Å². The highest BCUT2D eigenvalue weighted by atomic mass is 16.3. The molecule has 0 amide bonds. The lowest BCUT2D eigenvalue weighted by atomic mass is 9.84. The number of anilines is 1. The minimum absolute atomic E-state index is 0.00947. The van der Waals surface area contributed by atoms with Gasteiger partial charge in [0.25, 0.3) is 0 Å². The van der Waals surface area contributed by atoms with E-state index in [1.165, 1.54) is 25.8 Å². The van der Waals surface area contributed by atoms with E-state index in [4.69, 9.17) is 0 Å². The van der Waals surface area contributed by atoms with Gasteiger partial charge >= 0.3 is 0 Å². The van der Waals surface area contributed by atoms with E-state index >= 15 is 0 Å². The number of fused-ring (bicyclic) bond motifs is 1. The molecule has 2 heterocycles. The number of likely N-dealkylation sites (tertiary alicyclic amines) is 1.